The molecule has 3 atom stereocenters. The van der Waals surface area contributed by atoms with Gasteiger partial charge in [0.15, 0.2) is 0 Å². The first-order valence-corrected chi connectivity index (χ1v) is 12.0. The zero-order chi connectivity index (χ0) is 24.1. The molecule has 4 rings (SSSR count). The van der Waals surface area contributed by atoms with Crippen molar-refractivity contribution >= 4 is 21.8 Å². The van der Waals surface area contributed by atoms with Crippen molar-refractivity contribution in [1.82, 2.24) is 9.29 Å². The van der Waals surface area contributed by atoms with Gasteiger partial charge in [0.25, 0.3) is 0 Å². The summed E-state index contributed by atoms with van der Waals surface area (Å²) < 4.78 is 67.1. The minimum absolute atomic E-state index is 0.123. The van der Waals surface area contributed by atoms with Crippen molar-refractivity contribution in [2.75, 3.05) is 18.0 Å². The predicted molar refractivity (Wildman–Crippen MR) is 114 cm³/mol. The third kappa shape index (κ3) is 4.31. The molecule has 178 valence electrons. The molecular weight excluding hydrogens is 459 g/mol. The van der Waals surface area contributed by atoms with Crippen molar-refractivity contribution in [2.24, 2.45) is 5.92 Å². The van der Waals surface area contributed by atoms with E-state index in [4.69, 9.17) is 0 Å². The van der Waals surface area contributed by atoms with Crippen molar-refractivity contribution < 1.29 is 31.5 Å². The number of fused-ring (bicyclic) bond motifs is 1. The van der Waals surface area contributed by atoms with Gasteiger partial charge in [-0.3, -0.25) is 4.79 Å². The first-order valence-electron chi connectivity index (χ1n) is 10.5. The Morgan fingerprint density at radius 1 is 1.09 bits per heavy atom. The molecular formula is C22H24F3N3O4S. The third-order valence-electron chi connectivity index (χ3n) is 6.38. The second-order valence-electron chi connectivity index (χ2n) is 8.67. The van der Waals surface area contributed by atoms with Crippen LogP contribution in [0.5, 0.6) is 0 Å². The van der Waals surface area contributed by atoms with E-state index < -0.39 is 39.7 Å². The second-order valence-corrected chi connectivity index (χ2v) is 10.5. The number of halogens is 3. The van der Waals surface area contributed by atoms with E-state index in [0.717, 1.165) is 17.8 Å². The lowest BCUT2D eigenvalue weighted by atomic mass is 10.1. The monoisotopic (exact) mass is 483 g/mol. The summed E-state index contributed by atoms with van der Waals surface area (Å²) in [5.74, 6) is -1.24. The Morgan fingerprint density at radius 3 is 2.42 bits per heavy atom. The van der Waals surface area contributed by atoms with Gasteiger partial charge in [-0.1, -0.05) is 12.1 Å². The highest BCUT2D eigenvalue weighted by atomic mass is 32.2. The van der Waals surface area contributed by atoms with E-state index >= 15 is 0 Å². The van der Waals surface area contributed by atoms with Gasteiger partial charge in [-0.15, -0.1) is 0 Å². The van der Waals surface area contributed by atoms with Crippen LogP contribution in [0.2, 0.25) is 0 Å². The van der Waals surface area contributed by atoms with Gasteiger partial charge in [-0.2, -0.15) is 17.5 Å². The minimum atomic E-state index is -4.48. The third-order valence-corrected chi connectivity index (χ3v) is 8.45. The van der Waals surface area contributed by atoms with Crippen LogP contribution in [0.15, 0.2) is 41.4 Å². The summed E-state index contributed by atoms with van der Waals surface area (Å²) >= 11 is 0. The van der Waals surface area contributed by atoms with Gasteiger partial charge in [0, 0.05) is 31.4 Å². The Labute approximate surface area is 189 Å². The number of hydrogen-bond acceptors (Lipinski definition) is 5. The van der Waals surface area contributed by atoms with Gasteiger partial charge >= 0.3 is 12.1 Å². The number of aliphatic carboxylic acids is 1. The summed E-state index contributed by atoms with van der Waals surface area (Å²) in [6, 6.07) is 6.37. The van der Waals surface area contributed by atoms with Crippen molar-refractivity contribution in [1.29, 1.82) is 0 Å². The van der Waals surface area contributed by atoms with Crippen molar-refractivity contribution in [3.8, 4) is 0 Å². The molecule has 0 unspecified atom stereocenters. The largest absolute Gasteiger partial charge is 0.481 e. The lowest BCUT2D eigenvalue weighted by Crippen LogP contribution is -2.58. The highest BCUT2D eigenvalue weighted by Crippen LogP contribution is 2.35. The first-order chi connectivity index (χ1) is 15.4. The maximum atomic E-state index is 13.6. The number of rotatable bonds is 4. The number of carboxylic acid groups (broad SMARTS) is 1. The van der Waals surface area contributed by atoms with Gasteiger partial charge in [0.2, 0.25) is 10.0 Å². The number of aromatic nitrogens is 1. The molecule has 1 N–H and O–H groups in total. The SMILES string of the molecule is C[C@H]1CN(S(=O)(=O)c2cccc3c2C[C@H](C(=O)O)C3)[C@@H](C)CN1c1ccc(C(F)(F)F)cn1. The maximum Gasteiger partial charge on any atom is 0.417 e. The molecule has 0 radical (unpaired) electrons. The summed E-state index contributed by atoms with van der Waals surface area (Å²) in [6.45, 7) is 3.91. The summed E-state index contributed by atoms with van der Waals surface area (Å²) in [7, 11) is -3.91. The molecule has 7 nitrogen and oxygen atoms in total. The van der Waals surface area contributed by atoms with Crippen LogP contribution in [0.4, 0.5) is 19.0 Å². The molecule has 2 aromatic rings. The summed E-state index contributed by atoms with van der Waals surface area (Å²) in [5.41, 5.74) is 0.444. The number of carboxylic acids is 1. The van der Waals surface area contributed by atoms with Crippen LogP contribution in [0.3, 0.4) is 0 Å². The van der Waals surface area contributed by atoms with E-state index in [2.05, 4.69) is 4.98 Å². The van der Waals surface area contributed by atoms with E-state index in [1.807, 2.05) is 0 Å². The summed E-state index contributed by atoms with van der Waals surface area (Å²) in [5, 5.41) is 9.37. The molecule has 0 spiro atoms. The zero-order valence-electron chi connectivity index (χ0n) is 18.1. The lowest BCUT2D eigenvalue weighted by molar-refractivity contribution is -0.141. The Bertz CT molecular complexity index is 1170. The molecule has 2 heterocycles. The van der Waals surface area contributed by atoms with E-state index in [1.54, 1.807) is 30.9 Å². The van der Waals surface area contributed by atoms with Crippen LogP contribution in [-0.4, -0.2) is 54.0 Å². The van der Waals surface area contributed by atoms with Gasteiger partial charge in [0.05, 0.1) is 16.4 Å². The molecule has 0 bridgehead atoms. The molecule has 1 aromatic carbocycles. The number of sulfonamides is 1. The molecule has 33 heavy (non-hydrogen) atoms. The number of benzene rings is 1. The lowest BCUT2D eigenvalue weighted by Gasteiger charge is -2.44. The Kier molecular flexibility index (Phi) is 5.90. The van der Waals surface area contributed by atoms with Crippen molar-refractivity contribution in [3.05, 3.63) is 53.2 Å². The van der Waals surface area contributed by atoms with E-state index in [1.165, 1.54) is 16.4 Å². The highest BCUT2D eigenvalue weighted by molar-refractivity contribution is 7.89. The molecule has 0 saturated carbocycles. The number of anilines is 1. The standard InChI is InChI=1S/C22H24F3N3O4S/c1-13-12-28(14(2)11-27(13)20-7-6-17(10-26-20)22(23,24)25)33(31,32)19-5-3-4-15-8-16(21(29)30)9-18(15)19/h3-7,10,13-14,16H,8-9,11-12H2,1-2H3,(H,29,30)/t13-,14-,16+/m0/s1. The average Bonchev–Trinajstić information content (AvgIpc) is 3.19. The fraction of sp³-hybridized carbons (Fsp3) is 0.455. The van der Waals surface area contributed by atoms with Gasteiger partial charge in [-0.25, -0.2) is 13.4 Å². The predicted octanol–water partition coefficient (Wildman–Crippen LogP) is 3.19. The quantitative estimate of drug-likeness (QED) is 0.719. The maximum absolute atomic E-state index is 13.6. The normalized spacial score (nSPS) is 24.0. The van der Waals surface area contributed by atoms with Crippen LogP contribution in [-0.2, 0) is 33.8 Å². The topological polar surface area (TPSA) is 90.8 Å². The Hall–Kier alpha value is -2.66. The van der Waals surface area contributed by atoms with Crippen LogP contribution >= 0.6 is 0 Å². The number of piperazine rings is 1. The molecule has 1 aromatic heterocycles. The number of alkyl halides is 3. The van der Waals surface area contributed by atoms with Crippen LogP contribution < -0.4 is 4.90 Å². The van der Waals surface area contributed by atoms with E-state index in [0.29, 0.717) is 17.8 Å². The smallest absolute Gasteiger partial charge is 0.417 e. The number of carbonyl (C=O) groups is 1. The number of nitrogens with zero attached hydrogens (tertiary/aromatic N) is 3. The van der Waals surface area contributed by atoms with Gasteiger partial charge in [-0.05, 0) is 56.0 Å². The Balaban J connectivity index is 1.58. The van der Waals surface area contributed by atoms with Gasteiger partial charge < -0.3 is 10.0 Å². The zero-order valence-corrected chi connectivity index (χ0v) is 18.9. The number of pyridine rings is 1. The van der Waals surface area contributed by atoms with E-state index in [-0.39, 0.29) is 30.4 Å². The van der Waals surface area contributed by atoms with Crippen LogP contribution in [0.1, 0.15) is 30.5 Å². The molecule has 11 heteroatoms. The molecule has 1 saturated heterocycles. The van der Waals surface area contributed by atoms with Crippen molar-refractivity contribution in [2.45, 2.75) is 49.8 Å². The van der Waals surface area contributed by atoms with Crippen LogP contribution in [0.25, 0.3) is 0 Å². The Morgan fingerprint density at radius 2 is 1.82 bits per heavy atom. The van der Waals surface area contributed by atoms with E-state index in [9.17, 15) is 31.5 Å². The van der Waals surface area contributed by atoms with Gasteiger partial charge in [0.1, 0.15) is 5.82 Å². The fourth-order valence-electron chi connectivity index (χ4n) is 4.63. The molecule has 2 aliphatic rings. The fourth-order valence-corrected chi connectivity index (χ4v) is 6.61. The first kappa shape index (κ1) is 23.5. The minimum Gasteiger partial charge on any atom is -0.481 e. The molecule has 0 amide bonds. The molecule has 1 aliphatic heterocycles. The van der Waals surface area contributed by atoms with Crippen molar-refractivity contribution in [3.63, 3.8) is 0 Å². The molecule has 1 aliphatic carbocycles. The molecule has 1 fully saturated rings. The summed E-state index contributed by atoms with van der Waals surface area (Å²) in [4.78, 5) is 17.3. The average molecular weight is 484 g/mol. The second kappa shape index (κ2) is 8.28. The van der Waals surface area contributed by atoms with Crippen LogP contribution in [0, 0.1) is 5.92 Å². The number of hydrogen-bond donors (Lipinski definition) is 1. The highest BCUT2D eigenvalue weighted by Gasteiger charge is 2.40. The summed E-state index contributed by atoms with van der Waals surface area (Å²) in [6.07, 6.45) is -3.23.